The van der Waals surface area contributed by atoms with E-state index >= 15 is 0 Å². The first-order valence-corrected chi connectivity index (χ1v) is 9.56. The zero-order valence-electron chi connectivity index (χ0n) is 17.0. The highest BCUT2D eigenvalue weighted by Gasteiger charge is 2.42. The number of pyridine rings is 1. The second kappa shape index (κ2) is 8.42. The fourth-order valence-electron chi connectivity index (χ4n) is 3.19. The van der Waals surface area contributed by atoms with Gasteiger partial charge in [0.25, 0.3) is 5.91 Å². The van der Waals surface area contributed by atoms with Crippen molar-refractivity contribution in [2.45, 2.75) is 30.7 Å². The minimum Gasteiger partial charge on any atom is -0.484 e. The number of amides is 2. The molecule has 9 nitrogen and oxygen atoms in total. The van der Waals surface area contributed by atoms with Crippen LogP contribution in [-0.2, 0) is 11.2 Å². The third kappa shape index (κ3) is 4.32. The number of nitrogens with zero attached hydrogens (tertiary/aromatic N) is 4. The Bertz CT molecular complexity index is 1140. The third-order valence-electron chi connectivity index (χ3n) is 4.64. The van der Waals surface area contributed by atoms with E-state index in [0.717, 1.165) is 10.5 Å². The number of hydrogen-bond acceptors (Lipinski definition) is 7. The van der Waals surface area contributed by atoms with E-state index in [4.69, 9.17) is 32.7 Å². The van der Waals surface area contributed by atoms with Crippen molar-refractivity contribution in [3.8, 4) is 5.75 Å². The summed E-state index contributed by atoms with van der Waals surface area (Å²) in [4.78, 5) is 31.0. The van der Waals surface area contributed by atoms with Crippen LogP contribution in [0.25, 0.3) is 0 Å². The molecule has 2 aromatic heterocycles. The van der Waals surface area contributed by atoms with E-state index in [-0.39, 0.29) is 23.3 Å². The van der Waals surface area contributed by atoms with E-state index in [1.54, 1.807) is 31.2 Å². The Labute approximate surface area is 188 Å². The molecule has 1 aliphatic rings. The summed E-state index contributed by atoms with van der Waals surface area (Å²) < 4.78 is 11.2. The lowest BCUT2D eigenvalue weighted by Gasteiger charge is -2.37. The number of carbonyl (C=O) groups excluding carboxylic acids is 2. The molecule has 32 heavy (non-hydrogen) atoms. The Morgan fingerprint density at radius 2 is 2.09 bits per heavy atom. The average Bonchev–Trinajstić information content (AvgIpc) is 3.17. The van der Waals surface area contributed by atoms with Gasteiger partial charge in [-0.3, -0.25) is 9.59 Å². The van der Waals surface area contributed by atoms with E-state index in [2.05, 4.69) is 32.6 Å². The summed E-state index contributed by atoms with van der Waals surface area (Å²) in [5, 5.41) is 8.06. The molecule has 0 saturated carbocycles. The molecular weight excluding hydrogens is 407 g/mol. The van der Waals surface area contributed by atoms with E-state index in [0.29, 0.717) is 6.42 Å². The van der Waals surface area contributed by atoms with Crippen LogP contribution in [0.4, 0.5) is 5.82 Å². The predicted molar refractivity (Wildman–Crippen MR) is 114 cm³/mol. The first-order valence-electron chi connectivity index (χ1n) is 9.56. The van der Waals surface area contributed by atoms with Crippen molar-refractivity contribution < 1.29 is 18.7 Å². The minimum atomic E-state index is -2.10. The number of rotatable bonds is 5. The standard InChI is InChI=1S/C20H14B3N5O4/c1-11-15(19(30)28(20(21,22)23)16-13(31-11)8-5-9-24-16)25-17(29)18-27-26-14(32-18)10-12-6-3-2-4-7-12/h3,5-9,11,15H,10H2,1H3,(H,25,29)/t11-,15+/m1/s1. The largest absolute Gasteiger partial charge is 0.484 e. The molecule has 4 rings (SSSR count). The molecule has 0 unspecified atom stereocenters. The Hall–Kier alpha value is -3.74. The summed E-state index contributed by atoms with van der Waals surface area (Å²) in [6.07, 6.45) is 0.915. The molecule has 152 valence electrons. The maximum atomic E-state index is 13.3. The summed E-state index contributed by atoms with van der Waals surface area (Å²) in [6.45, 7) is 1.59. The van der Waals surface area contributed by atoms with Gasteiger partial charge in [0.2, 0.25) is 5.89 Å². The molecule has 12 heteroatoms. The van der Waals surface area contributed by atoms with Gasteiger partial charge in [-0.15, -0.1) is 10.2 Å². The van der Waals surface area contributed by atoms with E-state index in [1.807, 2.05) is 6.07 Å². The number of hydrogen-bond donors (Lipinski definition) is 1. The van der Waals surface area contributed by atoms with Gasteiger partial charge in [-0.05, 0) is 42.8 Å². The normalized spacial score (nSPS) is 18.2. The number of aromatic nitrogens is 3. The van der Waals surface area contributed by atoms with Gasteiger partial charge < -0.3 is 19.4 Å². The average molecular weight is 421 g/mol. The van der Waals surface area contributed by atoms with Crippen LogP contribution >= 0.6 is 0 Å². The summed E-state index contributed by atoms with van der Waals surface area (Å²) >= 11 is 0. The van der Waals surface area contributed by atoms with Crippen molar-refractivity contribution >= 4 is 41.2 Å². The van der Waals surface area contributed by atoms with Gasteiger partial charge in [0, 0.05) is 6.20 Å². The molecule has 1 aliphatic heterocycles. The Balaban J connectivity index is 1.56. The highest BCUT2D eigenvalue weighted by molar-refractivity contribution is 6.62. The van der Waals surface area contributed by atoms with Gasteiger partial charge >= 0.3 is 11.8 Å². The highest BCUT2D eigenvalue weighted by Crippen LogP contribution is 2.33. The first-order chi connectivity index (χ1) is 15.2. The lowest BCUT2D eigenvalue weighted by molar-refractivity contribution is -0.122. The van der Waals surface area contributed by atoms with Gasteiger partial charge in [-0.25, -0.2) is 4.98 Å². The van der Waals surface area contributed by atoms with Crippen molar-refractivity contribution in [3.63, 3.8) is 0 Å². The molecule has 0 fully saturated rings. The first kappa shape index (κ1) is 21.5. The van der Waals surface area contributed by atoms with Gasteiger partial charge in [-0.2, -0.15) is 0 Å². The lowest BCUT2D eigenvalue weighted by Crippen LogP contribution is -2.61. The quantitative estimate of drug-likeness (QED) is 0.563. The monoisotopic (exact) mass is 421 g/mol. The number of nitrogens with one attached hydrogen (secondary N) is 1. The Morgan fingerprint density at radius 1 is 1.28 bits per heavy atom. The van der Waals surface area contributed by atoms with Crippen LogP contribution in [0.15, 0.2) is 40.9 Å². The molecule has 1 N–H and O–H groups in total. The number of ether oxygens (including phenoxy) is 1. The summed E-state index contributed by atoms with van der Waals surface area (Å²) in [6, 6.07) is 12.8. The molecule has 3 aromatic rings. The predicted octanol–water partition coefficient (Wildman–Crippen LogP) is -0.315. The molecule has 2 atom stereocenters. The molecular formula is C20H14B3N5O4. The lowest BCUT2D eigenvalue weighted by atomic mass is 9.48. The van der Waals surface area contributed by atoms with Crippen molar-refractivity contribution in [3.05, 3.63) is 66.0 Å². The molecule has 2 amide bonds. The van der Waals surface area contributed by atoms with E-state index in [1.165, 1.54) is 6.20 Å². The van der Waals surface area contributed by atoms with Crippen LogP contribution in [0.5, 0.6) is 5.75 Å². The van der Waals surface area contributed by atoms with Gasteiger partial charge in [0.05, 0.1) is 30.0 Å². The second-order valence-electron chi connectivity index (χ2n) is 7.18. The van der Waals surface area contributed by atoms with E-state index in [9.17, 15) is 9.59 Å². The van der Waals surface area contributed by atoms with E-state index < -0.39 is 29.2 Å². The zero-order valence-corrected chi connectivity index (χ0v) is 17.0. The topological polar surface area (TPSA) is 110 Å². The molecule has 0 saturated heterocycles. The second-order valence-corrected chi connectivity index (χ2v) is 7.18. The summed E-state index contributed by atoms with van der Waals surface area (Å²) in [5.74, 6) is -1.34. The Morgan fingerprint density at radius 3 is 2.81 bits per heavy atom. The smallest absolute Gasteiger partial charge is 0.309 e. The van der Waals surface area contributed by atoms with Gasteiger partial charge in [-0.1, -0.05) is 17.4 Å². The third-order valence-corrected chi connectivity index (χ3v) is 4.64. The van der Waals surface area contributed by atoms with Crippen LogP contribution in [0.1, 0.15) is 29.1 Å². The summed E-state index contributed by atoms with van der Waals surface area (Å²) in [7, 11) is 17.5. The minimum absolute atomic E-state index is 0.0330. The molecule has 0 aliphatic carbocycles. The van der Waals surface area contributed by atoms with Crippen molar-refractivity contribution in [2.75, 3.05) is 4.90 Å². The van der Waals surface area contributed by atoms with Crippen LogP contribution < -0.4 is 15.0 Å². The molecule has 3 heterocycles. The van der Waals surface area contributed by atoms with Crippen LogP contribution in [-0.4, -0.2) is 67.9 Å². The molecule has 1 aromatic carbocycles. The van der Waals surface area contributed by atoms with Gasteiger partial charge in [0.1, 0.15) is 12.1 Å². The number of fused-ring (bicyclic) bond motifs is 1. The number of anilines is 1. The summed E-state index contributed by atoms with van der Waals surface area (Å²) in [5.41, 5.74) is 0.853. The zero-order chi connectivity index (χ0) is 22.9. The molecule has 0 spiro atoms. The molecule has 0 bridgehead atoms. The van der Waals surface area contributed by atoms with Crippen LogP contribution in [0.2, 0.25) is 0 Å². The highest BCUT2D eigenvalue weighted by atomic mass is 16.5. The maximum Gasteiger partial charge on any atom is 0.309 e. The maximum absolute atomic E-state index is 13.3. The Kier molecular flexibility index (Phi) is 5.66. The number of carbonyl (C=O) groups is 2. The van der Waals surface area contributed by atoms with Crippen molar-refractivity contribution in [1.82, 2.24) is 20.5 Å². The SMILES string of the molecule is [B]C([B])([B])N1C(=O)[C@@H](NC(=O)c2nnc(Cc3cc#ccc3)o2)[C@@H](C)Oc2cccnc21. The fraction of sp³-hybridized carbons (Fsp3) is 0.250. The van der Waals surface area contributed by atoms with Crippen LogP contribution in [0.3, 0.4) is 0 Å². The molecule has 6 radical (unpaired) electrons. The fourth-order valence-corrected chi connectivity index (χ4v) is 3.19. The van der Waals surface area contributed by atoms with Crippen molar-refractivity contribution in [2.24, 2.45) is 0 Å². The van der Waals surface area contributed by atoms with Crippen molar-refractivity contribution in [1.29, 1.82) is 0 Å². The van der Waals surface area contributed by atoms with Gasteiger partial charge in [0.15, 0.2) is 11.6 Å². The van der Waals surface area contributed by atoms with Crippen LogP contribution in [0, 0.1) is 12.1 Å².